The van der Waals surface area contributed by atoms with Crippen molar-refractivity contribution in [3.05, 3.63) is 36.0 Å². The van der Waals surface area contributed by atoms with E-state index in [9.17, 15) is 9.59 Å². The first-order valence-corrected chi connectivity index (χ1v) is 4.58. The Labute approximate surface area is 82.4 Å². The number of nitrogens with zero attached hydrogens (tertiary/aromatic N) is 1. The van der Waals surface area contributed by atoms with Gasteiger partial charge in [0.05, 0.1) is 6.04 Å². The minimum Gasteiger partial charge on any atom is -0.269 e. The van der Waals surface area contributed by atoms with Crippen molar-refractivity contribution >= 4 is 11.8 Å². The smallest absolute Gasteiger partial charge is 0.254 e. The third-order valence-corrected chi connectivity index (χ3v) is 2.44. The average molecular weight is 189 g/mol. The van der Waals surface area contributed by atoms with Crippen molar-refractivity contribution < 1.29 is 9.59 Å². The Kier molecular flexibility index (Phi) is 2.08. The summed E-state index contributed by atoms with van der Waals surface area (Å²) in [4.78, 5) is 23.9. The maximum Gasteiger partial charge on any atom is 0.254 e. The molecule has 1 heterocycles. The van der Waals surface area contributed by atoms with Crippen LogP contribution in [0.15, 0.2) is 36.0 Å². The zero-order chi connectivity index (χ0) is 10.1. The zero-order valence-corrected chi connectivity index (χ0v) is 7.93. The van der Waals surface area contributed by atoms with Crippen molar-refractivity contribution in [1.82, 2.24) is 4.90 Å². The molecule has 1 atom stereocenters. The first-order chi connectivity index (χ1) is 6.68. The van der Waals surface area contributed by atoms with Crippen molar-refractivity contribution in [1.29, 1.82) is 0 Å². The fourth-order valence-electron chi connectivity index (χ4n) is 1.65. The van der Waals surface area contributed by atoms with E-state index in [0.717, 1.165) is 6.42 Å². The second-order valence-corrected chi connectivity index (χ2v) is 3.49. The fraction of sp³-hybridized carbons (Fsp3) is 0.273. The Balaban J connectivity index is 2.15. The first-order valence-electron chi connectivity index (χ1n) is 4.58. The standard InChI is InChI=1S/C11H11NO2/c1-8-2-4-9(5-3-8)12-10(13)6-7-11(12)14/h2-4,6-7,9H,5H2,1H3. The molecule has 2 aliphatic rings. The van der Waals surface area contributed by atoms with Gasteiger partial charge in [0.1, 0.15) is 0 Å². The molecule has 14 heavy (non-hydrogen) atoms. The lowest BCUT2D eigenvalue weighted by atomic mass is 10.0. The van der Waals surface area contributed by atoms with Crippen LogP contribution in [0.25, 0.3) is 0 Å². The summed E-state index contributed by atoms with van der Waals surface area (Å²) in [5.74, 6) is -0.421. The first kappa shape index (κ1) is 8.94. The van der Waals surface area contributed by atoms with Gasteiger partial charge in [-0.25, -0.2) is 0 Å². The van der Waals surface area contributed by atoms with E-state index in [1.807, 2.05) is 25.2 Å². The predicted octanol–water partition coefficient (Wildman–Crippen LogP) is 1.19. The number of allylic oxidation sites excluding steroid dienone is 2. The lowest BCUT2D eigenvalue weighted by molar-refractivity contribution is -0.138. The van der Waals surface area contributed by atoms with E-state index in [0.29, 0.717) is 0 Å². The molecule has 1 aliphatic heterocycles. The van der Waals surface area contributed by atoms with Gasteiger partial charge in [-0.1, -0.05) is 23.8 Å². The molecule has 0 saturated carbocycles. The molecule has 2 amide bonds. The van der Waals surface area contributed by atoms with Gasteiger partial charge in [-0.2, -0.15) is 0 Å². The molecule has 0 bridgehead atoms. The van der Waals surface area contributed by atoms with Crippen LogP contribution in [0.3, 0.4) is 0 Å². The summed E-state index contributed by atoms with van der Waals surface area (Å²) in [7, 11) is 0. The van der Waals surface area contributed by atoms with Crippen LogP contribution < -0.4 is 0 Å². The fourth-order valence-corrected chi connectivity index (χ4v) is 1.65. The third kappa shape index (κ3) is 1.41. The van der Waals surface area contributed by atoms with Gasteiger partial charge < -0.3 is 0 Å². The molecule has 0 saturated heterocycles. The lowest BCUT2D eigenvalue weighted by Crippen LogP contribution is -2.39. The summed E-state index contributed by atoms with van der Waals surface area (Å²) in [5, 5.41) is 0. The van der Waals surface area contributed by atoms with Gasteiger partial charge in [0.2, 0.25) is 0 Å². The highest BCUT2D eigenvalue weighted by Gasteiger charge is 2.29. The van der Waals surface area contributed by atoms with Gasteiger partial charge in [-0.15, -0.1) is 0 Å². The van der Waals surface area contributed by atoms with Crippen LogP contribution in [0.5, 0.6) is 0 Å². The van der Waals surface area contributed by atoms with Crippen molar-refractivity contribution in [2.75, 3.05) is 0 Å². The third-order valence-electron chi connectivity index (χ3n) is 2.44. The highest BCUT2D eigenvalue weighted by atomic mass is 16.2. The van der Waals surface area contributed by atoms with Crippen LogP contribution in [-0.2, 0) is 9.59 Å². The quantitative estimate of drug-likeness (QED) is 0.581. The average Bonchev–Trinajstić information content (AvgIpc) is 2.49. The Bertz CT molecular complexity index is 359. The molecule has 3 heteroatoms. The minimum absolute atomic E-state index is 0.103. The Hall–Kier alpha value is -1.64. The second-order valence-electron chi connectivity index (χ2n) is 3.49. The van der Waals surface area contributed by atoms with Crippen molar-refractivity contribution in [3.63, 3.8) is 0 Å². The number of hydrogen-bond donors (Lipinski definition) is 0. The second kappa shape index (κ2) is 3.25. The SMILES string of the molecule is CC1=CCC(N2C(=O)C=CC2=O)C=C1. The van der Waals surface area contributed by atoms with Crippen LogP contribution >= 0.6 is 0 Å². The summed E-state index contributed by atoms with van der Waals surface area (Å²) in [6.45, 7) is 2.00. The molecule has 1 unspecified atom stereocenters. The predicted molar refractivity (Wildman–Crippen MR) is 52.3 cm³/mol. The van der Waals surface area contributed by atoms with Crippen LogP contribution in [0, 0.1) is 0 Å². The van der Waals surface area contributed by atoms with E-state index >= 15 is 0 Å². The molecule has 2 rings (SSSR count). The van der Waals surface area contributed by atoms with Crippen molar-refractivity contribution in [2.24, 2.45) is 0 Å². The Morgan fingerprint density at radius 1 is 1.21 bits per heavy atom. The molecular weight excluding hydrogens is 178 g/mol. The normalized spacial score (nSPS) is 25.9. The summed E-state index contributed by atoms with van der Waals surface area (Å²) < 4.78 is 0. The number of amides is 2. The lowest BCUT2D eigenvalue weighted by Gasteiger charge is -2.24. The van der Waals surface area contributed by atoms with E-state index in [4.69, 9.17) is 0 Å². The van der Waals surface area contributed by atoms with Crippen LogP contribution in [0.1, 0.15) is 13.3 Å². The summed E-state index contributed by atoms with van der Waals surface area (Å²) in [6.07, 6.45) is 9.24. The molecule has 0 fully saturated rings. The zero-order valence-electron chi connectivity index (χ0n) is 7.93. The molecule has 0 aromatic carbocycles. The van der Waals surface area contributed by atoms with Crippen LogP contribution in [-0.4, -0.2) is 22.8 Å². The maximum atomic E-state index is 11.3. The van der Waals surface area contributed by atoms with Crippen LogP contribution in [0.2, 0.25) is 0 Å². The van der Waals surface area contributed by atoms with Crippen LogP contribution in [0.4, 0.5) is 0 Å². The number of hydrogen-bond acceptors (Lipinski definition) is 2. The number of carbonyl (C=O) groups excluding carboxylic acids is 2. The monoisotopic (exact) mass is 189 g/mol. The Morgan fingerprint density at radius 3 is 2.36 bits per heavy atom. The van der Waals surface area contributed by atoms with Gasteiger partial charge in [-0.05, 0) is 13.3 Å². The summed E-state index contributed by atoms with van der Waals surface area (Å²) in [5.41, 5.74) is 1.17. The van der Waals surface area contributed by atoms with E-state index in [-0.39, 0.29) is 17.9 Å². The Morgan fingerprint density at radius 2 is 1.86 bits per heavy atom. The molecule has 0 spiro atoms. The summed E-state index contributed by atoms with van der Waals surface area (Å²) >= 11 is 0. The molecule has 0 aromatic heterocycles. The van der Waals surface area contributed by atoms with Gasteiger partial charge in [0, 0.05) is 12.2 Å². The molecule has 3 nitrogen and oxygen atoms in total. The molecule has 72 valence electrons. The van der Waals surface area contributed by atoms with E-state index in [2.05, 4.69) is 0 Å². The van der Waals surface area contributed by atoms with Gasteiger partial charge in [-0.3, -0.25) is 14.5 Å². The van der Waals surface area contributed by atoms with Gasteiger partial charge in [0.25, 0.3) is 11.8 Å². The number of imide groups is 1. The van der Waals surface area contributed by atoms with Gasteiger partial charge in [0.15, 0.2) is 0 Å². The van der Waals surface area contributed by atoms with Crippen molar-refractivity contribution in [2.45, 2.75) is 19.4 Å². The number of rotatable bonds is 1. The van der Waals surface area contributed by atoms with E-state index < -0.39 is 0 Å². The molecule has 0 N–H and O–H groups in total. The maximum absolute atomic E-state index is 11.3. The molecule has 0 aromatic rings. The van der Waals surface area contributed by atoms with Gasteiger partial charge >= 0.3 is 0 Å². The topological polar surface area (TPSA) is 37.4 Å². The highest BCUT2D eigenvalue weighted by molar-refractivity contribution is 6.13. The number of carbonyl (C=O) groups is 2. The van der Waals surface area contributed by atoms with E-state index in [1.54, 1.807) is 0 Å². The molecule has 1 aliphatic carbocycles. The summed E-state index contributed by atoms with van der Waals surface area (Å²) in [6, 6.07) is -0.103. The van der Waals surface area contributed by atoms with E-state index in [1.165, 1.54) is 22.6 Å². The largest absolute Gasteiger partial charge is 0.269 e. The minimum atomic E-state index is -0.211. The van der Waals surface area contributed by atoms with Crippen molar-refractivity contribution in [3.8, 4) is 0 Å². The highest BCUT2D eigenvalue weighted by Crippen LogP contribution is 2.18. The molecular formula is C11H11NO2. The molecule has 0 radical (unpaired) electrons.